The van der Waals surface area contributed by atoms with Gasteiger partial charge in [-0.05, 0) is 30.5 Å². The first-order chi connectivity index (χ1) is 15.5. The Bertz CT molecular complexity index is 868. The minimum absolute atomic E-state index is 0.0742. The summed E-state index contributed by atoms with van der Waals surface area (Å²) in [5.74, 6) is 0.353. The van der Waals surface area contributed by atoms with E-state index >= 15 is 0 Å². The van der Waals surface area contributed by atoms with Crippen LogP contribution in [0.1, 0.15) is 44.1 Å². The number of nitrogens with zero attached hydrogens (tertiary/aromatic N) is 1. The normalized spacial score (nSPS) is 25.4. The molecule has 0 bridgehead atoms. The summed E-state index contributed by atoms with van der Waals surface area (Å²) in [7, 11) is 2.22. The number of benzene rings is 2. The van der Waals surface area contributed by atoms with E-state index in [0.29, 0.717) is 12.2 Å². The van der Waals surface area contributed by atoms with Crippen LogP contribution in [0.2, 0.25) is 0 Å². The van der Waals surface area contributed by atoms with Crippen LogP contribution in [0.4, 0.5) is 0 Å². The zero-order chi connectivity index (χ0) is 22.4. The summed E-state index contributed by atoms with van der Waals surface area (Å²) < 4.78 is 12.7. The molecule has 1 aliphatic carbocycles. The number of ether oxygens (including phenoxy) is 2. The molecule has 1 heterocycles. The van der Waals surface area contributed by atoms with E-state index < -0.39 is 11.6 Å². The predicted molar refractivity (Wildman–Crippen MR) is 124 cm³/mol. The first kappa shape index (κ1) is 22.8. The number of rotatable bonds is 9. The average Bonchev–Trinajstić information content (AvgIpc) is 3.48. The van der Waals surface area contributed by atoms with Crippen LogP contribution in [0.25, 0.3) is 0 Å². The van der Waals surface area contributed by atoms with E-state index in [1.807, 2.05) is 60.7 Å². The monoisotopic (exact) mass is 438 g/mol. The molecule has 2 fully saturated rings. The SMILES string of the molecule is C[N@@+]1(CCCOc2ccccc2)CCC(OC(=O)[C@](O)(c2ccccc2)C2CCCC2)C1. The Labute approximate surface area is 191 Å². The van der Waals surface area contributed by atoms with Gasteiger partial charge in [0.15, 0.2) is 11.7 Å². The molecule has 172 valence electrons. The van der Waals surface area contributed by atoms with Crippen molar-refractivity contribution in [3.63, 3.8) is 0 Å². The first-order valence-corrected chi connectivity index (χ1v) is 12.0. The van der Waals surface area contributed by atoms with Crippen molar-refractivity contribution in [2.24, 2.45) is 5.92 Å². The number of likely N-dealkylation sites (N-methyl/N-ethyl adjacent to an activating group) is 1. The number of para-hydroxylation sites is 1. The lowest BCUT2D eigenvalue weighted by Crippen LogP contribution is -2.47. The predicted octanol–water partition coefficient (Wildman–Crippen LogP) is 4.30. The first-order valence-electron chi connectivity index (χ1n) is 12.0. The van der Waals surface area contributed by atoms with Gasteiger partial charge in [0, 0.05) is 18.8 Å². The molecule has 0 radical (unpaired) electrons. The van der Waals surface area contributed by atoms with E-state index in [1.165, 1.54) is 0 Å². The summed E-state index contributed by atoms with van der Waals surface area (Å²) in [6.07, 6.45) is 5.45. The molecule has 5 heteroatoms. The summed E-state index contributed by atoms with van der Waals surface area (Å²) in [5, 5.41) is 11.6. The molecular weight excluding hydrogens is 402 g/mol. The van der Waals surface area contributed by atoms with Crippen molar-refractivity contribution >= 4 is 5.97 Å². The van der Waals surface area contributed by atoms with Crippen LogP contribution < -0.4 is 4.74 Å². The number of likely N-dealkylation sites (tertiary alicyclic amines) is 1. The van der Waals surface area contributed by atoms with Crippen molar-refractivity contribution in [1.82, 2.24) is 0 Å². The van der Waals surface area contributed by atoms with E-state index in [-0.39, 0.29) is 12.0 Å². The molecule has 32 heavy (non-hydrogen) atoms. The maximum absolute atomic E-state index is 13.3. The van der Waals surface area contributed by atoms with Gasteiger partial charge in [0.2, 0.25) is 0 Å². The van der Waals surface area contributed by atoms with Crippen molar-refractivity contribution in [1.29, 1.82) is 0 Å². The second kappa shape index (κ2) is 10.1. The van der Waals surface area contributed by atoms with Gasteiger partial charge in [-0.15, -0.1) is 0 Å². The molecule has 3 atom stereocenters. The van der Waals surface area contributed by atoms with Crippen molar-refractivity contribution < 1.29 is 23.9 Å². The summed E-state index contributed by atoms with van der Waals surface area (Å²) in [6.45, 7) is 3.41. The number of carbonyl (C=O) groups is 1. The van der Waals surface area contributed by atoms with Crippen LogP contribution in [-0.4, -0.2) is 55.0 Å². The molecule has 5 nitrogen and oxygen atoms in total. The van der Waals surface area contributed by atoms with Gasteiger partial charge in [0.25, 0.3) is 0 Å². The molecule has 0 aromatic heterocycles. The van der Waals surface area contributed by atoms with Crippen molar-refractivity contribution in [3.8, 4) is 5.75 Å². The highest BCUT2D eigenvalue weighted by Crippen LogP contribution is 2.42. The van der Waals surface area contributed by atoms with Crippen molar-refractivity contribution in [2.75, 3.05) is 33.3 Å². The van der Waals surface area contributed by atoms with Crippen LogP contribution in [0.3, 0.4) is 0 Å². The third-order valence-electron chi connectivity index (χ3n) is 7.23. The number of carbonyl (C=O) groups excluding carboxylic acids is 1. The number of quaternary nitrogens is 1. The molecule has 1 saturated carbocycles. The van der Waals surface area contributed by atoms with Gasteiger partial charge in [0.1, 0.15) is 12.3 Å². The maximum Gasteiger partial charge on any atom is 0.343 e. The molecule has 1 unspecified atom stereocenters. The lowest BCUT2D eigenvalue weighted by Gasteiger charge is -2.33. The second-order valence-electron chi connectivity index (χ2n) is 9.69. The number of esters is 1. The van der Waals surface area contributed by atoms with Gasteiger partial charge in [-0.3, -0.25) is 0 Å². The van der Waals surface area contributed by atoms with Gasteiger partial charge < -0.3 is 19.1 Å². The Hall–Kier alpha value is -2.37. The van der Waals surface area contributed by atoms with Crippen LogP contribution >= 0.6 is 0 Å². The molecule has 2 aromatic carbocycles. The van der Waals surface area contributed by atoms with E-state index in [9.17, 15) is 9.90 Å². The second-order valence-corrected chi connectivity index (χ2v) is 9.69. The molecule has 1 saturated heterocycles. The maximum atomic E-state index is 13.3. The molecular formula is C27H36NO4+. The molecule has 1 aliphatic heterocycles. The molecule has 2 aliphatic rings. The molecule has 0 spiro atoms. The highest BCUT2D eigenvalue weighted by molar-refractivity contribution is 5.81. The smallest absolute Gasteiger partial charge is 0.343 e. The fourth-order valence-electron chi connectivity index (χ4n) is 5.38. The molecule has 2 aromatic rings. The number of aliphatic hydroxyl groups is 1. The third-order valence-corrected chi connectivity index (χ3v) is 7.23. The van der Waals surface area contributed by atoms with Crippen LogP contribution in [-0.2, 0) is 15.1 Å². The topological polar surface area (TPSA) is 55.8 Å². The summed E-state index contributed by atoms with van der Waals surface area (Å²) in [4.78, 5) is 13.3. The zero-order valence-corrected chi connectivity index (χ0v) is 19.1. The van der Waals surface area contributed by atoms with Gasteiger partial charge in [-0.2, -0.15) is 0 Å². The van der Waals surface area contributed by atoms with Crippen LogP contribution in [0.5, 0.6) is 5.75 Å². The quantitative estimate of drug-likeness (QED) is 0.360. The van der Waals surface area contributed by atoms with Gasteiger partial charge in [0.05, 0.1) is 26.7 Å². The molecule has 4 rings (SSSR count). The van der Waals surface area contributed by atoms with Crippen molar-refractivity contribution in [2.45, 2.75) is 50.2 Å². The van der Waals surface area contributed by atoms with E-state index in [1.54, 1.807) is 0 Å². The average molecular weight is 439 g/mol. The number of hydrogen-bond donors (Lipinski definition) is 1. The highest BCUT2D eigenvalue weighted by Gasteiger charge is 2.49. The van der Waals surface area contributed by atoms with Gasteiger partial charge >= 0.3 is 5.97 Å². The minimum Gasteiger partial charge on any atom is -0.493 e. The Morgan fingerprint density at radius 2 is 1.69 bits per heavy atom. The Morgan fingerprint density at radius 1 is 1.03 bits per heavy atom. The Kier molecular flexibility index (Phi) is 7.17. The van der Waals surface area contributed by atoms with Crippen LogP contribution in [0, 0.1) is 5.92 Å². The Morgan fingerprint density at radius 3 is 2.38 bits per heavy atom. The lowest BCUT2D eigenvalue weighted by atomic mass is 9.80. The highest BCUT2D eigenvalue weighted by atomic mass is 16.6. The van der Waals surface area contributed by atoms with E-state index in [0.717, 1.165) is 68.4 Å². The van der Waals surface area contributed by atoms with Crippen molar-refractivity contribution in [3.05, 3.63) is 66.2 Å². The van der Waals surface area contributed by atoms with Crippen LogP contribution in [0.15, 0.2) is 60.7 Å². The largest absolute Gasteiger partial charge is 0.493 e. The zero-order valence-electron chi connectivity index (χ0n) is 19.1. The third kappa shape index (κ3) is 5.16. The Balaban J connectivity index is 1.32. The number of hydrogen-bond acceptors (Lipinski definition) is 4. The molecule has 0 amide bonds. The van der Waals surface area contributed by atoms with Gasteiger partial charge in [-0.25, -0.2) is 4.79 Å². The lowest BCUT2D eigenvalue weighted by molar-refractivity contribution is -0.899. The standard InChI is InChI=1S/C27H36NO4/c1-28(18-10-20-31-24-15-6-3-7-16-24)19-17-25(21-28)32-26(29)27(30,23-13-8-9-14-23)22-11-4-2-5-12-22/h2-7,11-12,15-16,23,25,30H,8-10,13-14,17-21H2,1H3/q+1/t25?,27-,28+/m0/s1. The van der Waals surface area contributed by atoms with E-state index in [4.69, 9.17) is 9.47 Å². The molecule has 1 N–H and O–H groups in total. The van der Waals surface area contributed by atoms with E-state index in [2.05, 4.69) is 7.05 Å². The van der Waals surface area contributed by atoms with Gasteiger partial charge in [-0.1, -0.05) is 61.4 Å². The fraction of sp³-hybridized carbons (Fsp3) is 0.519. The summed E-state index contributed by atoms with van der Waals surface area (Å²) in [5.41, 5.74) is -0.891. The summed E-state index contributed by atoms with van der Waals surface area (Å²) in [6, 6.07) is 19.2. The summed E-state index contributed by atoms with van der Waals surface area (Å²) >= 11 is 0. The minimum atomic E-state index is -1.55. The fourth-order valence-corrected chi connectivity index (χ4v) is 5.38.